The number of carbonyl (C=O) groups excluding carboxylic acids is 1. The van der Waals surface area contributed by atoms with Gasteiger partial charge in [-0.1, -0.05) is 48.0 Å². The highest BCUT2D eigenvalue weighted by Crippen LogP contribution is 2.50. The monoisotopic (exact) mass is 455 g/mol. The third-order valence-corrected chi connectivity index (χ3v) is 7.34. The van der Waals surface area contributed by atoms with Gasteiger partial charge in [0.05, 0.1) is 0 Å². The lowest BCUT2D eigenvalue weighted by Crippen LogP contribution is -2.37. The van der Waals surface area contributed by atoms with Crippen molar-refractivity contribution in [2.45, 2.75) is 19.3 Å². The lowest BCUT2D eigenvalue weighted by Gasteiger charge is -2.29. The number of rotatable bonds is 5. The van der Waals surface area contributed by atoms with Crippen molar-refractivity contribution in [2.24, 2.45) is 0 Å². The molecule has 0 saturated carbocycles. The number of hydrogen-bond acceptors (Lipinski definition) is 4. The number of nitrogens with one attached hydrogen (secondary N) is 1. The fraction of sp³-hybridized carbons (Fsp3) is 0.208. The zero-order valence-electron chi connectivity index (χ0n) is 17.7. The van der Waals surface area contributed by atoms with Crippen molar-refractivity contribution in [3.8, 4) is 5.75 Å². The van der Waals surface area contributed by atoms with Crippen LogP contribution in [0.4, 0.5) is 5.69 Å². The molecule has 0 spiro atoms. The Hall–Kier alpha value is -2.59. The van der Waals surface area contributed by atoms with Gasteiger partial charge in [-0.05, 0) is 60.4 Å². The smallest absolute Gasteiger partial charge is 0.375 e. The van der Waals surface area contributed by atoms with Crippen LogP contribution in [0.25, 0.3) is 0 Å². The van der Waals surface area contributed by atoms with E-state index >= 15 is 0 Å². The Morgan fingerprint density at radius 3 is 2.10 bits per heavy atom. The van der Waals surface area contributed by atoms with Gasteiger partial charge in [0, 0.05) is 30.0 Å². The van der Waals surface area contributed by atoms with Gasteiger partial charge in [0.2, 0.25) is 5.91 Å². The van der Waals surface area contributed by atoms with Crippen LogP contribution in [0, 0.1) is 13.8 Å². The van der Waals surface area contributed by atoms with Gasteiger partial charge < -0.3 is 14.4 Å². The number of anilines is 1. The van der Waals surface area contributed by atoms with E-state index in [0.29, 0.717) is 10.8 Å². The molecule has 3 aromatic rings. The van der Waals surface area contributed by atoms with E-state index in [1.807, 2.05) is 50.2 Å². The van der Waals surface area contributed by atoms with E-state index in [4.69, 9.17) is 20.6 Å². The minimum absolute atomic E-state index is 0.134. The summed E-state index contributed by atoms with van der Waals surface area (Å²) in [5, 5.41) is 3.70. The van der Waals surface area contributed by atoms with Gasteiger partial charge in [-0.25, -0.2) is 4.57 Å². The molecule has 160 valence electrons. The molecule has 0 aliphatic carbocycles. The minimum Gasteiger partial charge on any atom is -0.425 e. The van der Waals surface area contributed by atoms with Gasteiger partial charge in [-0.15, -0.1) is 0 Å². The second-order valence-corrected chi connectivity index (χ2v) is 10.2. The summed E-state index contributed by atoms with van der Waals surface area (Å²) in [7, 11) is -1.85. The first kappa shape index (κ1) is 21.6. The Bertz CT molecular complexity index is 1210. The molecule has 1 N–H and O–H groups in total. The molecule has 5 nitrogen and oxygen atoms in total. The fourth-order valence-corrected chi connectivity index (χ4v) is 4.76. The van der Waals surface area contributed by atoms with Crippen LogP contribution in [0.3, 0.4) is 0 Å². The average Bonchev–Trinajstić information content (AvgIpc) is 3.05. The van der Waals surface area contributed by atoms with Crippen LogP contribution < -0.4 is 9.84 Å². The van der Waals surface area contributed by atoms with Crippen LogP contribution in [0.5, 0.6) is 5.75 Å². The lowest BCUT2D eigenvalue weighted by molar-refractivity contribution is -0.118. The van der Waals surface area contributed by atoms with Crippen molar-refractivity contribution in [2.75, 3.05) is 19.1 Å². The number of aryl methyl sites for hydroxylation is 1. The van der Waals surface area contributed by atoms with Gasteiger partial charge >= 0.3 is 7.60 Å². The number of hydrogen-bond donors (Lipinski definition) is 1. The van der Waals surface area contributed by atoms with Gasteiger partial charge in [0.1, 0.15) is 11.2 Å². The molecule has 1 aliphatic heterocycles. The van der Waals surface area contributed by atoms with E-state index in [2.05, 4.69) is 5.32 Å². The van der Waals surface area contributed by atoms with Crippen molar-refractivity contribution in [1.82, 2.24) is 0 Å². The molecule has 0 radical (unpaired) electrons. The molecule has 3 aromatic carbocycles. The van der Waals surface area contributed by atoms with Crippen molar-refractivity contribution < 1.29 is 18.4 Å². The molecule has 1 heterocycles. The standard InChI is InChI=1S/C24H23ClNO4P/c1-15-5-14-21-22(16(15)2)26-23(27)24(21,17-6-10-19(25)11-7-17)18-8-12-20(13-9-18)30-31(4,28)29-3/h5-14H,1-4H3,(H,26,27). The quantitative estimate of drug-likeness (QED) is 0.473. The average molecular weight is 456 g/mol. The number of halogens is 1. The third kappa shape index (κ3) is 3.57. The van der Waals surface area contributed by atoms with Crippen LogP contribution in [0.1, 0.15) is 27.8 Å². The fourth-order valence-electron chi connectivity index (χ4n) is 4.05. The molecule has 4 rings (SSSR count). The van der Waals surface area contributed by atoms with Gasteiger partial charge in [0.15, 0.2) is 0 Å². The normalized spacial score (nSPS) is 19.5. The van der Waals surface area contributed by atoms with E-state index in [-0.39, 0.29) is 5.91 Å². The highest BCUT2D eigenvalue weighted by Gasteiger charge is 2.50. The molecule has 31 heavy (non-hydrogen) atoms. The van der Waals surface area contributed by atoms with Crippen LogP contribution in [-0.4, -0.2) is 19.7 Å². The van der Waals surface area contributed by atoms with Crippen molar-refractivity contribution >= 4 is 30.8 Å². The number of fused-ring (bicyclic) bond motifs is 1. The number of carbonyl (C=O) groups is 1. The highest BCUT2D eigenvalue weighted by molar-refractivity contribution is 7.53. The van der Waals surface area contributed by atoms with Gasteiger partial charge in [0.25, 0.3) is 0 Å². The van der Waals surface area contributed by atoms with Crippen molar-refractivity contribution in [1.29, 1.82) is 0 Å². The van der Waals surface area contributed by atoms with Crippen LogP contribution >= 0.6 is 19.2 Å². The predicted octanol–water partition coefficient (Wildman–Crippen LogP) is 6.09. The van der Waals surface area contributed by atoms with E-state index in [9.17, 15) is 9.36 Å². The molecule has 1 aliphatic rings. The van der Waals surface area contributed by atoms with E-state index in [1.165, 1.54) is 13.8 Å². The molecule has 2 atom stereocenters. The third-order valence-electron chi connectivity index (χ3n) is 5.89. The molecular formula is C24H23ClNO4P. The molecule has 7 heteroatoms. The SMILES string of the molecule is COP(C)(=O)Oc1ccc(C2(c3ccc(Cl)cc3)C(=O)Nc3c2ccc(C)c3C)cc1. The second-order valence-electron chi connectivity index (χ2n) is 7.71. The summed E-state index contributed by atoms with van der Waals surface area (Å²) < 4.78 is 22.6. The Labute approximate surface area is 186 Å². The summed E-state index contributed by atoms with van der Waals surface area (Å²) >= 11 is 6.13. The Morgan fingerprint density at radius 2 is 1.52 bits per heavy atom. The summed E-state index contributed by atoms with van der Waals surface area (Å²) in [5.74, 6) is 0.270. The molecular weight excluding hydrogens is 433 g/mol. The summed E-state index contributed by atoms with van der Waals surface area (Å²) in [5.41, 5.74) is 4.39. The van der Waals surface area contributed by atoms with Gasteiger partial charge in [-0.2, -0.15) is 0 Å². The maximum atomic E-state index is 13.6. The van der Waals surface area contributed by atoms with Crippen LogP contribution in [0.2, 0.25) is 5.02 Å². The Kier molecular flexibility index (Phi) is 5.47. The second kappa shape index (κ2) is 7.83. The summed E-state index contributed by atoms with van der Waals surface area (Å²) in [6, 6.07) is 18.4. The first-order chi connectivity index (χ1) is 14.7. The molecule has 1 amide bonds. The zero-order chi connectivity index (χ0) is 22.4. The van der Waals surface area contributed by atoms with Crippen LogP contribution in [-0.2, 0) is 19.3 Å². The number of benzene rings is 3. The first-order valence-corrected chi connectivity index (χ1v) is 12.2. The highest BCUT2D eigenvalue weighted by atomic mass is 35.5. The molecule has 2 unspecified atom stereocenters. The maximum absolute atomic E-state index is 13.6. The zero-order valence-corrected chi connectivity index (χ0v) is 19.4. The summed E-state index contributed by atoms with van der Waals surface area (Å²) in [4.78, 5) is 13.6. The predicted molar refractivity (Wildman–Crippen MR) is 123 cm³/mol. The van der Waals surface area contributed by atoms with Gasteiger partial charge in [-0.3, -0.25) is 4.79 Å². The van der Waals surface area contributed by atoms with E-state index in [0.717, 1.165) is 33.5 Å². The maximum Gasteiger partial charge on any atom is 0.375 e. The summed E-state index contributed by atoms with van der Waals surface area (Å²) in [6.07, 6.45) is 0. The Balaban J connectivity index is 1.93. The summed E-state index contributed by atoms with van der Waals surface area (Å²) in [6.45, 7) is 5.43. The molecule has 0 fully saturated rings. The van der Waals surface area contributed by atoms with Crippen molar-refractivity contribution in [3.05, 3.63) is 93.5 Å². The molecule has 0 bridgehead atoms. The van der Waals surface area contributed by atoms with Crippen LogP contribution in [0.15, 0.2) is 60.7 Å². The lowest BCUT2D eigenvalue weighted by atomic mass is 9.70. The topological polar surface area (TPSA) is 64.6 Å². The minimum atomic E-state index is -3.19. The first-order valence-electron chi connectivity index (χ1n) is 9.80. The van der Waals surface area contributed by atoms with E-state index < -0.39 is 13.0 Å². The Morgan fingerprint density at radius 1 is 0.935 bits per heavy atom. The molecule has 0 aromatic heterocycles. The molecule has 0 saturated heterocycles. The van der Waals surface area contributed by atoms with E-state index in [1.54, 1.807) is 24.3 Å². The largest absolute Gasteiger partial charge is 0.425 e. The van der Waals surface area contributed by atoms with Crippen molar-refractivity contribution in [3.63, 3.8) is 0 Å². The number of amides is 1.